The molecule has 4 atom stereocenters. The molecule has 4 N–H and O–H groups in total. The molecule has 1 fully saturated rings. The van der Waals surface area contributed by atoms with E-state index in [0.29, 0.717) is 11.8 Å². The van der Waals surface area contributed by atoms with Gasteiger partial charge in [-0.15, -0.1) is 0 Å². The molecule has 23 heavy (non-hydrogen) atoms. The predicted molar refractivity (Wildman–Crippen MR) is 81.5 cm³/mol. The summed E-state index contributed by atoms with van der Waals surface area (Å²) in [6, 6.07) is -2.24. The van der Waals surface area contributed by atoms with Gasteiger partial charge in [-0.25, -0.2) is 4.79 Å². The van der Waals surface area contributed by atoms with E-state index < -0.39 is 36.4 Å². The van der Waals surface area contributed by atoms with Crippen molar-refractivity contribution in [2.24, 2.45) is 17.6 Å². The highest BCUT2D eigenvalue weighted by Gasteiger charge is 2.33. The summed E-state index contributed by atoms with van der Waals surface area (Å²) in [5.74, 6) is -1.80. The van der Waals surface area contributed by atoms with Gasteiger partial charge in [0.05, 0.1) is 32.3 Å². The average Bonchev–Trinajstić information content (AvgIpc) is 2.80. The van der Waals surface area contributed by atoms with Gasteiger partial charge in [-0.1, -0.05) is 13.8 Å². The smallest absolute Gasteiger partial charge is 0.330 e. The SMILES string of the molecule is COC(=O)[C@H](COC1C(C)CCC1C)NC(=O)[C@@H](N)CC(=O)O. The molecular formula is C15H26N2O6. The normalized spacial score (nSPS) is 26.3. The minimum absolute atomic E-state index is 0.0201. The number of nitrogens with two attached hydrogens (primary N) is 1. The van der Waals surface area contributed by atoms with Crippen molar-refractivity contribution in [3.8, 4) is 0 Å². The van der Waals surface area contributed by atoms with Gasteiger partial charge in [0.15, 0.2) is 6.04 Å². The summed E-state index contributed by atoms with van der Waals surface area (Å²) in [5.41, 5.74) is 5.48. The van der Waals surface area contributed by atoms with Crippen molar-refractivity contribution in [2.45, 2.75) is 51.3 Å². The van der Waals surface area contributed by atoms with Gasteiger partial charge in [0, 0.05) is 0 Å². The Morgan fingerprint density at radius 1 is 1.26 bits per heavy atom. The average molecular weight is 330 g/mol. The molecule has 1 aliphatic rings. The number of carbonyl (C=O) groups is 3. The third kappa shape index (κ3) is 5.80. The first-order valence-corrected chi connectivity index (χ1v) is 7.73. The zero-order chi connectivity index (χ0) is 17.6. The Morgan fingerprint density at radius 3 is 2.30 bits per heavy atom. The first-order valence-electron chi connectivity index (χ1n) is 7.73. The second kappa shape index (κ2) is 8.83. The Morgan fingerprint density at radius 2 is 1.83 bits per heavy atom. The third-order valence-electron chi connectivity index (χ3n) is 4.19. The molecule has 0 spiro atoms. The van der Waals surface area contributed by atoms with Crippen LogP contribution in [0.4, 0.5) is 0 Å². The van der Waals surface area contributed by atoms with Gasteiger partial charge in [0.1, 0.15) is 0 Å². The first kappa shape index (κ1) is 19.4. The van der Waals surface area contributed by atoms with Crippen LogP contribution in [0.15, 0.2) is 0 Å². The molecule has 0 aliphatic heterocycles. The summed E-state index contributed by atoms with van der Waals surface area (Å²) in [4.78, 5) is 34.2. The molecule has 1 rings (SSSR count). The molecular weight excluding hydrogens is 304 g/mol. The number of carbonyl (C=O) groups excluding carboxylic acids is 2. The van der Waals surface area contributed by atoms with E-state index in [0.717, 1.165) is 12.8 Å². The van der Waals surface area contributed by atoms with Gasteiger partial charge < -0.3 is 25.6 Å². The topological polar surface area (TPSA) is 128 Å². The van der Waals surface area contributed by atoms with Crippen molar-refractivity contribution < 1.29 is 29.0 Å². The largest absolute Gasteiger partial charge is 0.481 e. The van der Waals surface area contributed by atoms with Crippen LogP contribution in [0.1, 0.15) is 33.1 Å². The number of aliphatic carboxylic acids is 1. The number of rotatable bonds is 8. The second-order valence-electron chi connectivity index (χ2n) is 6.12. The van der Waals surface area contributed by atoms with Crippen LogP contribution >= 0.6 is 0 Å². The molecule has 0 radical (unpaired) electrons. The molecule has 0 saturated heterocycles. The minimum Gasteiger partial charge on any atom is -0.481 e. The van der Waals surface area contributed by atoms with Gasteiger partial charge in [0.25, 0.3) is 0 Å². The van der Waals surface area contributed by atoms with Crippen LogP contribution in [0.5, 0.6) is 0 Å². The Bertz CT molecular complexity index is 432. The maximum atomic E-state index is 11.9. The summed E-state index contributed by atoms with van der Waals surface area (Å²) >= 11 is 0. The lowest BCUT2D eigenvalue weighted by Crippen LogP contribution is -2.51. The minimum atomic E-state index is -1.23. The molecule has 0 bridgehead atoms. The Labute approximate surface area is 135 Å². The number of esters is 1. The lowest BCUT2D eigenvalue weighted by atomic mass is 10.0. The van der Waals surface area contributed by atoms with E-state index >= 15 is 0 Å². The quantitative estimate of drug-likeness (QED) is 0.530. The highest BCUT2D eigenvalue weighted by molar-refractivity contribution is 5.89. The number of nitrogens with one attached hydrogen (secondary N) is 1. The van der Waals surface area contributed by atoms with E-state index in [1.807, 2.05) is 0 Å². The van der Waals surface area contributed by atoms with Crippen LogP contribution in [0.25, 0.3) is 0 Å². The molecule has 1 aliphatic carbocycles. The van der Waals surface area contributed by atoms with Gasteiger partial charge >= 0.3 is 11.9 Å². The van der Waals surface area contributed by atoms with E-state index in [4.69, 9.17) is 15.6 Å². The van der Waals surface area contributed by atoms with Crippen molar-refractivity contribution in [3.63, 3.8) is 0 Å². The Kier molecular flexibility index (Phi) is 7.44. The summed E-state index contributed by atoms with van der Waals surface area (Å²) in [6.45, 7) is 4.14. The van der Waals surface area contributed by atoms with Crippen molar-refractivity contribution >= 4 is 17.8 Å². The monoisotopic (exact) mass is 330 g/mol. The highest BCUT2D eigenvalue weighted by atomic mass is 16.5. The maximum absolute atomic E-state index is 11.9. The van der Waals surface area contributed by atoms with E-state index in [-0.39, 0.29) is 12.7 Å². The van der Waals surface area contributed by atoms with Crippen molar-refractivity contribution in [2.75, 3.05) is 13.7 Å². The summed E-state index contributed by atoms with van der Waals surface area (Å²) in [6.07, 6.45) is 1.62. The lowest BCUT2D eigenvalue weighted by molar-refractivity contribution is -0.148. The number of methoxy groups -OCH3 is 1. The van der Waals surface area contributed by atoms with E-state index in [9.17, 15) is 14.4 Å². The van der Waals surface area contributed by atoms with Crippen LogP contribution in [-0.4, -0.2) is 54.9 Å². The van der Waals surface area contributed by atoms with E-state index in [1.54, 1.807) is 0 Å². The molecule has 0 aromatic heterocycles. The summed E-state index contributed by atoms with van der Waals surface area (Å²) in [7, 11) is 1.21. The fourth-order valence-electron chi connectivity index (χ4n) is 2.82. The first-order chi connectivity index (χ1) is 10.8. The lowest BCUT2D eigenvalue weighted by Gasteiger charge is -2.24. The fraction of sp³-hybridized carbons (Fsp3) is 0.800. The second-order valence-corrected chi connectivity index (χ2v) is 6.12. The maximum Gasteiger partial charge on any atom is 0.330 e. The van der Waals surface area contributed by atoms with Crippen LogP contribution < -0.4 is 11.1 Å². The molecule has 2 unspecified atom stereocenters. The van der Waals surface area contributed by atoms with Crippen LogP contribution in [0, 0.1) is 11.8 Å². The van der Waals surface area contributed by atoms with Crippen LogP contribution in [0.2, 0.25) is 0 Å². The highest BCUT2D eigenvalue weighted by Crippen LogP contribution is 2.32. The summed E-state index contributed by atoms with van der Waals surface area (Å²) < 4.78 is 10.5. The molecule has 8 heteroatoms. The molecule has 0 heterocycles. The standard InChI is InChI=1S/C15H26N2O6/c1-8-4-5-9(2)13(8)23-7-11(15(21)22-3)17-14(20)10(16)6-12(18)19/h8-11,13H,4-7,16H2,1-3H3,(H,17,20)(H,18,19)/t8?,9?,10-,11-,13?/m0/s1. The van der Waals surface area contributed by atoms with Crippen molar-refractivity contribution in [3.05, 3.63) is 0 Å². The zero-order valence-electron chi connectivity index (χ0n) is 13.8. The number of hydrogen-bond acceptors (Lipinski definition) is 6. The van der Waals surface area contributed by atoms with Crippen LogP contribution in [0.3, 0.4) is 0 Å². The van der Waals surface area contributed by atoms with Gasteiger partial charge in [-0.3, -0.25) is 9.59 Å². The van der Waals surface area contributed by atoms with Gasteiger partial charge in [0.2, 0.25) is 5.91 Å². The zero-order valence-corrected chi connectivity index (χ0v) is 13.8. The Balaban J connectivity index is 2.60. The van der Waals surface area contributed by atoms with Crippen molar-refractivity contribution in [1.82, 2.24) is 5.32 Å². The fourth-order valence-corrected chi connectivity index (χ4v) is 2.82. The molecule has 0 aromatic carbocycles. The van der Waals surface area contributed by atoms with Gasteiger partial charge in [-0.2, -0.15) is 0 Å². The third-order valence-corrected chi connectivity index (χ3v) is 4.19. The molecule has 1 amide bonds. The number of hydrogen-bond donors (Lipinski definition) is 3. The van der Waals surface area contributed by atoms with E-state index in [1.165, 1.54) is 7.11 Å². The predicted octanol–water partition coefficient (Wildman–Crippen LogP) is -0.103. The van der Waals surface area contributed by atoms with Gasteiger partial charge in [-0.05, 0) is 24.7 Å². The molecule has 132 valence electrons. The van der Waals surface area contributed by atoms with Crippen molar-refractivity contribution in [1.29, 1.82) is 0 Å². The molecule has 0 aromatic rings. The Hall–Kier alpha value is -1.67. The van der Waals surface area contributed by atoms with Crippen LogP contribution in [-0.2, 0) is 23.9 Å². The van der Waals surface area contributed by atoms with E-state index in [2.05, 4.69) is 23.9 Å². The molecule has 1 saturated carbocycles. The number of carboxylic acids is 1. The summed E-state index contributed by atoms with van der Waals surface area (Å²) in [5, 5.41) is 11.1. The number of ether oxygens (including phenoxy) is 2. The number of carboxylic acid groups (broad SMARTS) is 1. The number of amides is 1. The molecule has 8 nitrogen and oxygen atoms in total.